The van der Waals surface area contributed by atoms with Crippen molar-refractivity contribution >= 4 is 17.3 Å². The highest BCUT2D eigenvalue weighted by molar-refractivity contribution is 5.91. The van der Waals surface area contributed by atoms with Crippen LogP contribution in [0.1, 0.15) is 6.92 Å². The zero-order valence-electron chi connectivity index (χ0n) is 10.5. The molecule has 20 heavy (non-hydrogen) atoms. The molecule has 2 N–H and O–H groups in total. The summed E-state index contributed by atoms with van der Waals surface area (Å²) in [5, 5.41) is 30.6. The van der Waals surface area contributed by atoms with Crippen LogP contribution in [0.25, 0.3) is 0 Å². The van der Waals surface area contributed by atoms with Crippen LogP contribution in [0.4, 0.5) is 11.4 Å². The number of carboxylic acids is 1. The third-order valence-electron chi connectivity index (χ3n) is 2.19. The summed E-state index contributed by atoms with van der Waals surface area (Å²) in [6, 6.07) is 5.47. The van der Waals surface area contributed by atoms with Gasteiger partial charge in [-0.1, -0.05) is 0 Å². The first-order chi connectivity index (χ1) is 9.49. The second-order valence-electron chi connectivity index (χ2n) is 3.49. The molecule has 0 aliphatic rings. The van der Waals surface area contributed by atoms with Crippen molar-refractivity contribution in [3.05, 3.63) is 40.1 Å². The number of nitro groups is 1. The van der Waals surface area contributed by atoms with Crippen molar-refractivity contribution in [2.45, 2.75) is 6.92 Å². The normalized spacial score (nSPS) is 10.5. The Balaban J connectivity index is 3.04. The number of hydrogen-bond acceptors (Lipinski definition) is 6. The summed E-state index contributed by atoms with van der Waals surface area (Å²) in [6.45, 7) is 1.93. The Bertz CT molecular complexity index is 604. The van der Waals surface area contributed by atoms with Crippen LogP contribution < -0.4 is 10.1 Å². The maximum absolute atomic E-state index is 10.8. The number of nitriles is 1. The molecule has 0 aliphatic carbocycles. The Morgan fingerprint density at radius 3 is 2.85 bits per heavy atom. The van der Waals surface area contributed by atoms with Gasteiger partial charge in [0.25, 0.3) is 0 Å². The molecule has 0 aliphatic heterocycles. The molecule has 0 aromatic heterocycles. The van der Waals surface area contributed by atoms with Crippen molar-refractivity contribution in [3.63, 3.8) is 0 Å². The van der Waals surface area contributed by atoms with E-state index >= 15 is 0 Å². The van der Waals surface area contributed by atoms with E-state index < -0.39 is 16.5 Å². The second kappa shape index (κ2) is 6.75. The van der Waals surface area contributed by atoms with Crippen LogP contribution in [0, 0.1) is 21.4 Å². The molecule has 0 saturated carbocycles. The van der Waals surface area contributed by atoms with Gasteiger partial charge in [-0.2, -0.15) is 5.26 Å². The molecule has 8 nitrogen and oxygen atoms in total. The third-order valence-corrected chi connectivity index (χ3v) is 2.19. The summed E-state index contributed by atoms with van der Waals surface area (Å²) in [4.78, 5) is 20.8. The lowest BCUT2D eigenvalue weighted by Gasteiger charge is -2.07. The van der Waals surface area contributed by atoms with Gasteiger partial charge in [-0.25, -0.2) is 4.79 Å². The Hall–Kier alpha value is -3.08. The Morgan fingerprint density at radius 1 is 1.65 bits per heavy atom. The number of carboxylic acid groups (broad SMARTS) is 1. The fourth-order valence-corrected chi connectivity index (χ4v) is 1.32. The number of benzene rings is 1. The Morgan fingerprint density at radius 2 is 2.35 bits per heavy atom. The zero-order valence-corrected chi connectivity index (χ0v) is 10.5. The molecule has 0 fully saturated rings. The second-order valence-corrected chi connectivity index (χ2v) is 3.49. The van der Waals surface area contributed by atoms with Crippen LogP contribution >= 0.6 is 0 Å². The average molecular weight is 277 g/mol. The van der Waals surface area contributed by atoms with Crippen LogP contribution in [-0.4, -0.2) is 22.6 Å². The van der Waals surface area contributed by atoms with Crippen LogP contribution in [0.15, 0.2) is 30.0 Å². The molecular formula is C12H11N3O5. The minimum absolute atomic E-state index is 0.0599. The predicted molar refractivity (Wildman–Crippen MR) is 69.2 cm³/mol. The first-order valence-corrected chi connectivity index (χ1v) is 5.51. The van der Waals surface area contributed by atoms with Gasteiger partial charge in [-0.3, -0.25) is 10.1 Å². The summed E-state index contributed by atoms with van der Waals surface area (Å²) < 4.78 is 5.14. The van der Waals surface area contributed by atoms with Gasteiger partial charge in [-0.05, 0) is 13.0 Å². The number of nitro benzene ring substituents is 1. The number of nitrogens with one attached hydrogen (secondary N) is 1. The third kappa shape index (κ3) is 3.71. The molecule has 0 unspecified atom stereocenters. The van der Waals surface area contributed by atoms with Gasteiger partial charge >= 0.3 is 11.7 Å². The highest BCUT2D eigenvalue weighted by Crippen LogP contribution is 2.30. The van der Waals surface area contributed by atoms with Crippen molar-refractivity contribution in [3.8, 4) is 11.8 Å². The van der Waals surface area contributed by atoms with Crippen molar-refractivity contribution in [1.82, 2.24) is 0 Å². The molecule has 0 atom stereocenters. The van der Waals surface area contributed by atoms with Crippen LogP contribution in [0.3, 0.4) is 0 Å². The fourth-order valence-electron chi connectivity index (χ4n) is 1.32. The summed E-state index contributed by atoms with van der Waals surface area (Å²) in [5.41, 5.74) is -0.311. The van der Waals surface area contributed by atoms with Crippen molar-refractivity contribution in [2.75, 3.05) is 11.9 Å². The number of nitrogens with zero attached hydrogens (tertiary/aromatic N) is 2. The molecule has 0 amide bonds. The van der Waals surface area contributed by atoms with E-state index in [-0.39, 0.29) is 18.0 Å². The molecule has 104 valence electrons. The number of ether oxygens (including phenoxy) is 1. The molecule has 0 bridgehead atoms. The van der Waals surface area contributed by atoms with E-state index in [1.54, 1.807) is 6.92 Å². The lowest BCUT2D eigenvalue weighted by molar-refractivity contribution is -0.385. The van der Waals surface area contributed by atoms with E-state index in [4.69, 9.17) is 15.1 Å². The highest BCUT2D eigenvalue weighted by Gasteiger charge is 2.15. The van der Waals surface area contributed by atoms with Gasteiger partial charge in [-0.15, -0.1) is 0 Å². The predicted octanol–water partition coefficient (Wildman–Crippen LogP) is 1.90. The summed E-state index contributed by atoms with van der Waals surface area (Å²) in [7, 11) is 0. The average Bonchev–Trinajstić information content (AvgIpc) is 2.39. The molecule has 1 aromatic carbocycles. The number of carbonyl (C=O) groups is 1. The Kier molecular flexibility index (Phi) is 5.05. The largest absolute Gasteiger partial charge is 0.487 e. The lowest BCUT2D eigenvalue weighted by Crippen LogP contribution is -2.02. The van der Waals surface area contributed by atoms with Gasteiger partial charge in [0.05, 0.1) is 11.5 Å². The van der Waals surface area contributed by atoms with E-state index in [0.29, 0.717) is 5.69 Å². The van der Waals surface area contributed by atoms with Crippen molar-refractivity contribution < 1.29 is 19.6 Å². The number of aliphatic carboxylic acids is 1. The molecule has 0 spiro atoms. The van der Waals surface area contributed by atoms with Crippen molar-refractivity contribution in [1.29, 1.82) is 5.26 Å². The number of hydrogen-bond donors (Lipinski definition) is 2. The smallest absolute Gasteiger partial charge is 0.347 e. The highest BCUT2D eigenvalue weighted by atomic mass is 16.6. The number of anilines is 1. The standard InChI is InChI=1S/C12H11N3O5/c1-2-20-11-5-9(3-4-10(11)15(18)19)14-7-8(6-13)12(16)17/h3-5,7,14H,2H2,1H3,(H,16,17). The van der Waals surface area contributed by atoms with E-state index in [0.717, 1.165) is 6.20 Å². The van der Waals surface area contributed by atoms with Gasteiger partial charge < -0.3 is 15.2 Å². The van der Waals surface area contributed by atoms with E-state index in [9.17, 15) is 14.9 Å². The van der Waals surface area contributed by atoms with Crippen LogP contribution in [-0.2, 0) is 4.79 Å². The van der Waals surface area contributed by atoms with E-state index in [1.165, 1.54) is 24.3 Å². The van der Waals surface area contributed by atoms with Crippen LogP contribution in [0.5, 0.6) is 5.75 Å². The van der Waals surface area contributed by atoms with E-state index in [2.05, 4.69) is 5.32 Å². The van der Waals surface area contributed by atoms with E-state index in [1.807, 2.05) is 0 Å². The minimum atomic E-state index is -1.37. The zero-order chi connectivity index (χ0) is 15.1. The first-order valence-electron chi connectivity index (χ1n) is 5.51. The lowest BCUT2D eigenvalue weighted by atomic mass is 10.2. The topological polar surface area (TPSA) is 125 Å². The summed E-state index contributed by atoms with van der Waals surface area (Å²) in [6.07, 6.45) is 0.999. The summed E-state index contributed by atoms with van der Waals surface area (Å²) in [5.74, 6) is -1.31. The summed E-state index contributed by atoms with van der Waals surface area (Å²) >= 11 is 0. The van der Waals surface area contributed by atoms with Gasteiger partial charge in [0.15, 0.2) is 11.3 Å². The number of rotatable bonds is 6. The maximum Gasteiger partial charge on any atom is 0.347 e. The van der Waals surface area contributed by atoms with Crippen LogP contribution in [0.2, 0.25) is 0 Å². The molecule has 1 aromatic rings. The quantitative estimate of drug-likeness (QED) is 0.352. The monoisotopic (exact) mass is 277 g/mol. The van der Waals surface area contributed by atoms with Gasteiger partial charge in [0.1, 0.15) is 6.07 Å². The molecule has 1 rings (SSSR count). The SMILES string of the molecule is CCOc1cc(NC=C(C#N)C(=O)O)ccc1[N+](=O)[O-]. The molecule has 0 radical (unpaired) electrons. The Labute approximate surface area is 114 Å². The molecule has 0 heterocycles. The van der Waals surface area contributed by atoms with Gasteiger partial charge in [0, 0.05) is 24.0 Å². The molecular weight excluding hydrogens is 266 g/mol. The minimum Gasteiger partial charge on any atom is -0.487 e. The van der Waals surface area contributed by atoms with Crippen molar-refractivity contribution in [2.24, 2.45) is 0 Å². The maximum atomic E-state index is 10.8. The first kappa shape index (κ1) is 15.0. The van der Waals surface area contributed by atoms with Gasteiger partial charge in [0.2, 0.25) is 0 Å². The molecule has 0 saturated heterocycles. The molecule has 8 heteroatoms. The fraction of sp³-hybridized carbons (Fsp3) is 0.167.